The lowest BCUT2D eigenvalue weighted by Gasteiger charge is -2.28. The molecule has 1 aliphatic rings. The Bertz CT molecular complexity index is 631. The number of anilines is 2. The first-order chi connectivity index (χ1) is 10.1. The highest BCUT2D eigenvalue weighted by Crippen LogP contribution is 2.27. The standard InChI is InChI=1S/C18H21FN2/c1-13-5-3-7-16(19)18(13)20-12-14-8-9-17-15(11-14)6-4-10-21(17)2/h3,5,7-9,11,20H,4,6,10,12H2,1-2H3. The van der Waals surface area contributed by atoms with Crippen LogP contribution in [-0.2, 0) is 13.0 Å². The van der Waals surface area contributed by atoms with E-state index in [1.807, 2.05) is 13.0 Å². The average Bonchev–Trinajstić information content (AvgIpc) is 2.47. The summed E-state index contributed by atoms with van der Waals surface area (Å²) in [5, 5.41) is 3.23. The number of fused-ring (bicyclic) bond motifs is 1. The van der Waals surface area contributed by atoms with E-state index in [0.717, 1.165) is 18.5 Å². The Kier molecular flexibility index (Phi) is 3.82. The molecule has 0 atom stereocenters. The number of nitrogens with zero attached hydrogens (tertiary/aromatic N) is 1. The Balaban J connectivity index is 1.77. The van der Waals surface area contributed by atoms with E-state index >= 15 is 0 Å². The Labute approximate surface area is 125 Å². The molecule has 0 amide bonds. The third kappa shape index (κ3) is 2.87. The number of para-hydroxylation sites is 1. The molecule has 1 N–H and O–H groups in total. The summed E-state index contributed by atoms with van der Waals surface area (Å²) in [4.78, 5) is 2.30. The van der Waals surface area contributed by atoms with Gasteiger partial charge in [-0.25, -0.2) is 4.39 Å². The van der Waals surface area contributed by atoms with Crippen molar-refractivity contribution < 1.29 is 4.39 Å². The van der Waals surface area contributed by atoms with Crippen molar-refractivity contribution in [2.45, 2.75) is 26.3 Å². The highest BCUT2D eigenvalue weighted by Gasteiger charge is 2.13. The van der Waals surface area contributed by atoms with Crippen LogP contribution in [0.5, 0.6) is 0 Å². The van der Waals surface area contributed by atoms with Crippen molar-refractivity contribution in [1.29, 1.82) is 0 Å². The van der Waals surface area contributed by atoms with Crippen LogP contribution in [0.15, 0.2) is 36.4 Å². The fourth-order valence-electron chi connectivity index (χ4n) is 2.99. The molecular formula is C18H21FN2. The zero-order valence-electron chi connectivity index (χ0n) is 12.6. The fourth-order valence-corrected chi connectivity index (χ4v) is 2.99. The molecule has 1 heterocycles. The first-order valence-corrected chi connectivity index (χ1v) is 7.47. The summed E-state index contributed by atoms with van der Waals surface area (Å²) in [7, 11) is 2.14. The van der Waals surface area contributed by atoms with E-state index in [4.69, 9.17) is 0 Å². The second-order valence-electron chi connectivity index (χ2n) is 5.77. The first-order valence-electron chi connectivity index (χ1n) is 7.47. The maximum Gasteiger partial charge on any atom is 0.146 e. The number of halogens is 1. The molecule has 0 saturated carbocycles. The van der Waals surface area contributed by atoms with E-state index < -0.39 is 0 Å². The molecule has 0 radical (unpaired) electrons. The van der Waals surface area contributed by atoms with Crippen LogP contribution in [0, 0.1) is 12.7 Å². The van der Waals surface area contributed by atoms with E-state index in [1.165, 1.54) is 29.3 Å². The van der Waals surface area contributed by atoms with Gasteiger partial charge in [0.05, 0.1) is 5.69 Å². The summed E-state index contributed by atoms with van der Waals surface area (Å²) in [6.45, 7) is 3.70. The molecule has 0 unspecified atom stereocenters. The Morgan fingerprint density at radius 1 is 1.24 bits per heavy atom. The molecule has 2 aromatic rings. The molecule has 0 bridgehead atoms. The molecule has 3 rings (SSSR count). The van der Waals surface area contributed by atoms with Crippen molar-refractivity contribution in [3.8, 4) is 0 Å². The molecule has 0 spiro atoms. The van der Waals surface area contributed by atoms with Gasteiger partial charge in [0.1, 0.15) is 5.82 Å². The second kappa shape index (κ2) is 5.76. The highest BCUT2D eigenvalue weighted by molar-refractivity contribution is 5.57. The van der Waals surface area contributed by atoms with E-state index in [9.17, 15) is 4.39 Å². The largest absolute Gasteiger partial charge is 0.378 e. The van der Waals surface area contributed by atoms with Gasteiger partial charge in [0.15, 0.2) is 0 Å². The summed E-state index contributed by atoms with van der Waals surface area (Å²) in [5.74, 6) is -0.187. The van der Waals surface area contributed by atoms with Crippen LogP contribution in [0.1, 0.15) is 23.1 Å². The van der Waals surface area contributed by atoms with Crippen LogP contribution in [0.4, 0.5) is 15.8 Å². The topological polar surface area (TPSA) is 15.3 Å². The third-order valence-electron chi connectivity index (χ3n) is 4.19. The van der Waals surface area contributed by atoms with Gasteiger partial charge in [-0.3, -0.25) is 0 Å². The van der Waals surface area contributed by atoms with Gasteiger partial charge in [-0.2, -0.15) is 0 Å². The third-order valence-corrected chi connectivity index (χ3v) is 4.19. The molecular weight excluding hydrogens is 263 g/mol. The van der Waals surface area contributed by atoms with E-state index in [-0.39, 0.29) is 5.82 Å². The van der Waals surface area contributed by atoms with Crippen molar-refractivity contribution in [3.05, 3.63) is 58.9 Å². The van der Waals surface area contributed by atoms with Gasteiger partial charge in [-0.1, -0.05) is 24.3 Å². The number of nitrogens with one attached hydrogen (secondary N) is 1. The van der Waals surface area contributed by atoms with Gasteiger partial charge in [-0.15, -0.1) is 0 Å². The molecule has 1 aliphatic heterocycles. The predicted molar refractivity (Wildman–Crippen MR) is 86.5 cm³/mol. The van der Waals surface area contributed by atoms with Crippen LogP contribution in [0.2, 0.25) is 0 Å². The minimum atomic E-state index is -0.187. The zero-order chi connectivity index (χ0) is 14.8. The van der Waals surface area contributed by atoms with Gasteiger partial charge in [0.2, 0.25) is 0 Å². The average molecular weight is 284 g/mol. The summed E-state index contributed by atoms with van der Waals surface area (Å²) >= 11 is 0. The van der Waals surface area contributed by atoms with E-state index in [0.29, 0.717) is 12.2 Å². The SMILES string of the molecule is Cc1cccc(F)c1NCc1ccc2c(c1)CCCN2C. The van der Waals surface area contributed by atoms with E-state index in [2.05, 4.69) is 35.5 Å². The van der Waals surface area contributed by atoms with Gasteiger partial charge in [-0.05, 0) is 48.6 Å². The van der Waals surface area contributed by atoms with E-state index in [1.54, 1.807) is 6.07 Å². The number of hydrogen-bond acceptors (Lipinski definition) is 2. The van der Waals surface area contributed by atoms with Crippen molar-refractivity contribution in [2.24, 2.45) is 0 Å². The van der Waals surface area contributed by atoms with Crippen molar-refractivity contribution in [1.82, 2.24) is 0 Å². The van der Waals surface area contributed by atoms with Crippen molar-refractivity contribution >= 4 is 11.4 Å². The molecule has 0 aliphatic carbocycles. The quantitative estimate of drug-likeness (QED) is 0.911. The van der Waals surface area contributed by atoms with Crippen LogP contribution < -0.4 is 10.2 Å². The highest BCUT2D eigenvalue weighted by atomic mass is 19.1. The molecule has 110 valence electrons. The number of hydrogen-bond donors (Lipinski definition) is 1. The smallest absolute Gasteiger partial charge is 0.146 e. The number of aryl methyl sites for hydroxylation is 2. The summed E-state index contributed by atoms with van der Waals surface area (Å²) in [6.07, 6.45) is 2.33. The van der Waals surface area contributed by atoms with Gasteiger partial charge >= 0.3 is 0 Å². The van der Waals surface area contributed by atoms with Crippen LogP contribution in [0.3, 0.4) is 0 Å². The Morgan fingerprint density at radius 2 is 2.10 bits per heavy atom. The number of benzene rings is 2. The lowest BCUT2D eigenvalue weighted by Crippen LogP contribution is -2.24. The number of rotatable bonds is 3. The molecule has 21 heavy (non-hydrogen) atoms. The molecule has 2 aromatic carbocycles. The maximum atomic E-state index is 13.8. The molecule has 0 saturated heterocycles. The normalized spacial score (nSPS) is 14.0. The van der Waals surface area contributed by atoms with Crippen LogP contribution in [0.25, 0.3) is 0 Å². The molecule has 0 fully saturated rings. The summed E-state index contributed by atoms with van der Waals surface area (Å²) < 4.78 is 13.8. The lowest BCUT2D eigenvalue weighted by molar-refractivity contribution is 0.629. The second-order valence-corrected chi connectivity index (χ2v) is 5.77. The summed E-state index contributed by atoms with van der Waals surface area (Å²) in [6, 6.07) is 11.7. The molecule has 3 heteroatoms. The van der Waals surface area contributed by atoms with Gasteiger partial charge in [0, 0.05) is 25.8 Å². The fraction of sp³-hybridized carbons (Fsp3) is 0.333. The minimum Gasteiger partial charge on any atom is -0.378 e. The van der Waals surface area contributed by atoms with Gasteiger partial charge < -0.3 is 10.2 Å². The Hall–Kier alpha value is -2.03. The first kappa shape index (κ1) is 13.9. The predicted octanol–water partition coefficient (Wildman–Crippen LogP) is 4.13. The maximum absolute atomic E-state index is 13.8. The van der Waals surface area contributed by atoms with Gasteiger partial charge in [0.25, 0.3) is 0 Å². The Morgan fingerprint density at radius 3 is 2.90 bits per heavy atom. The minimum absolute atomic E-state index is 0.187. The molecule has 2 nitrogen and oxygen atoms in total. The molecule has 0 aromatic heterocycles. The van der Waals surface area contributed by atoms with Crippen molar-refractivity contribution in [3.63, 3.8) is 0 Å². The van der Waals surface area contributed by atoms with Crippen LogP contribution >= 0.6 is 0 Å². The monoisotopic (exact) mass is 284 g/mol. The summed E-state index contributed by atoms with van der Waals surface area (Å²) in [5.41, 5.74) is 5.46. The van der Waals surface area contributed by atoms with Crippen molar-refractivity contribution in [2.75, 3.05) is 23.8 Å². The lowest BCUT2D eigenvalue weighted by atomic mass is 9.99. The van der Waals surface area contributed by atoms with Crippen LogP contribution in [-0.4, -0.2) is 13.6 Å². The zero-order valence-corrected chi connectivity index (χ0v) is 12.6.